The average Bonchev–Trinajstić information content (AvgIpc) is 2.27. The highest BCUT2D eigenvalue weighted by molar-refractivity contribution is 7.99. The van der Waals surface area contributed by atoms with Gasteiger partial charge in [-0.25, -0.2) is 0 Å². The van der Waals surface area contributed by atoms with Crippen LogP contribution < -0.4 is 0 Å². The summed E-state index contributed by atoms with van der Waals surface area (Å²) in [5.74, 6) is 1.81. The molecule has 0 aromatic rings. The maximum atomic E-state index is 11.3. The first kappa shape index (κ1) is 15.5. The van der Waals surface area contributed by atoms with Gasteiger partial charge in [-0.3, -0.25) is 9.59 Å². The van der Waals surface area contributed by atoms with Crippen LogP contribution in [0.5, 0.6) is 0 Å². The first-order valence-corrected chi connectivity index (χ1v) is 7.11. The Morgan fingerprint density at radius 2 is 1.88 bits per heavy atom. The number of hydrogen-bond donors (Lipinski definition) is 0. The van der Waals surface area contributed by atoms with Gasteiger partial charge in [-0.05, 0) is 12.2 Å². The Balaban J connectivity index is 3.40. The molecule has 0 aliphatic rings. The van der Waals surface area contributed by atoms with E-state index in [0.717, 1.165) is 24.3 Å². The van der Waals surface area contributed by atoms with E-state index >= 15 is 0 Å². The van der Waals surface area contributed by atoms with Crippen molar-refractivity contribution in [2.75, 3.05) is 18.1 Å². The van der Waals surface area contributed by atoms with Crippen LogP contribution in [0.25, 0.3) is 0 Å². The summed E-state index contributed by atoms with van der Waals surface area (Å²) in [6.07, 6.45) is 3.04. The van der Waals surface area contributed by atoms with Gasteiger partial charge < -0.3 is 4.74 Å². The van der Waals surface area contributed by atoms with Gasteiger partial charge in [-0.1, -0.05) is 20.3 Å². The first-order valence-electron chi connectivity index (χ1n) is 5.95. The minimum Gasteiger partial charge on any atom is -0.466 e. The van der Waals surface area contributed by atoms with E-state index in [4.69, 9.17) is 4.74 Å². The van der Waals surface area contributed by atoms with E-state index in [1.807, 2.05) is 6.92 Å². The molecule has 0 atom stereocenters. The van der Waals surface area contributed by atoms with Crippen molar-refractivity contribution in [3.8, 4) is 0 Å². The van der Waals surface area contributed by atoms with Crippen molar-refractivity contribution in [2.24, 2.45) is 0 Å². The third kappa shape index (κ3) is 10.0. The summed E-state index contributed by atoms with van der Waals surface area (Å²) < 4.78 is 4.96. The maximum Gasteiger partial charge on any atom is 0.306 e. The van der Waals surface area contributed by atoms with Crippen LogP contribution in [-0.4, -0.2) is 29.9 Å². The third-order valence-electron chi connectivity index (χ3n) is 2.10. The highest BCUT2D eigenvalue weighted by Crippen LogP contribution is 2.05. The Labute approximate surface area is 102 Å². The molecule has 0 saturated carbocycles. The topological polar surface area (TPSA) is 43.4 Å². The second-order valence-electron chi connectivity index (χ2n) is 3.56. The number of unbranched alkanes of at least 4 members (excludes halogenated alkanes) is 1. The first-order chi connectivity index (χ1) is 7.70. The zero-order valence-electron chi connectivity index (χ0n) is 10.3. The standard InChI is InChI=1S/C12H22O3S/c1-3-5-9-15-12(14)7-6-11(13)8-10-16-4-2/h3-10H2,1-2H3. The number of thioether (sulfide) groups is 1. The molecule has 0 aliphatic carbocycles. The van der Waals surface area contributed by atoms with Crippen molar-refractivity contribution in [3.63, 3.8) is 0 Å². The van der Waals surface area contributed by atoms with Crippen molar-refractivity contribution in [2.45, 2.75) is 46.0 Å². The predicted molar refractivity (Wildman–Crippen MR) is 67.7 cm³/mol. The molecule has 0 bridgehead atoms. The van der Waals surface area contributed by atoms with Gasteiger partial charge in [0.2, 0.25) is 0 Å². The van der Waals surface area contributed by atoms with E-state index in [2.05, 4.69) is 6.92 Å². The smallest absolute Gasteiger partial charge is 0.306 e. The molecule has 94 valence electrons. The molecule has 0 amide bonds. The number of ketones is 1. The summed E-state index contributed by atoms with van der Waals surface area (Å²) in [6.45, 7) is 4.60. The van der Waals surface area contributed by atoms with E-state index in [1.165, 1.54) is 0 Å². The number of carbonyl (C=O) groups excluding carboxylic acids is 2. The van der Waals surface area contributed by atoms with Gasteiger partial charge in [0.25, 0.3) is 0 Å². The normalized spacial score (nSPS) is 10.1. The molecule has 0 aromatic carbocycles. The molecule has 4 heteroatoms. The number of Topliss-reactive ketones (excluding diaryl/α,β-unsaturated/α-hetero) is 1. The lowest BCUT2D eigenvalue weighted by molar-refractivity contribution is -0.144. The van der Waals surface area contributed by atoms with Crippen molar-refractivity contribution >= 4 is 23.5 Å². The molecular formula is C12H22O3S. The maximum absolute atomic E-state index is 11.3. The number of rotatable bonds is 10. The summed E-state index contributed by atoms with van der Waals surface area (Å²) in [7, 11) is 0. The lowest BCUT2D eigenvalue weighted by Crippen LogP contribution is -2.09. The van der Waals surface area contributed by atoms with Gasteiger partial charge in [0, 0.05) is 18.6 Å². The quantitative estimate of drug-likeness (QED) is 0.439. The molecule has 0 unspecified atom stereocenters. The van der Waals surface area contributed by atoms with Crippen LogP contribution in [0.4, 0.5) is 0 Å². The van der Waals surface area contributed by atoms with E-state index in [0.29, 0.717) is 19.4 Å². The molecule has 0 spiro atoms. The number of ether oxygens (including phenoxy) is 1. The second-order valence-corrected chi connectivity index (χ2v) is 4.95. The number of hydrogen-bond acceptors (Lipinski definition) is 4. The zero-order valence-corrected chi connectivity index (χ0v) is 11.1. The zero-order chi connectivity index (χ0) is 12.2. The van der Waals surface area contributed by atoms with Gasteiger partial charge in [0.15, 0.2) is 0 Å². The molecule has 0 fully saturated rings. The molecular weight excluding hydrogens is 224 g/mol. The van der Waals surface area contributed by atoms with Crippen LogP contribution in [0.3, 0.4) is 0 Å². The van der Waals surface area contributed by atoms with Crippen LogP contribution in [0.15, 0.2) is 0 Å². The van der Waals surface area contributed by atoms with Crippen molar-refractivity contribution in [3.05, 3.63) is 0 Å². The van der Waals surface area contributed by atoms with E-state index < -0.39 is 0 Å². The summed E-state index contributed by atoms with van der Waals surface area (Å²) >= 11 is 1.75. The fraction of sp³-hybridized carbons (Fsp3) is 0.833. The van der Waals surface area contributed by atoms with Crippen LogP contribution >= 0.6 is 11.8 Å². The molecule has 0 N–H and O–H groups in total. The highest BCUT2D eigenvalue weighted by atomic mass is 32.2. The molecule has 0 rings (SSSR count). The predicted octanol–water partition coefficient (Wildman–Crippen LogP) is 2.82. The minimum atomic E-state index is -0.245. The summed E-state index contributed by atoms with van der Waals surface area (Å²) in [4.78, 5) is 22.5. The SMILES string of the molecule is CCCCOC(=O)CCC(=O)CCSCC. The van der Waals surface area contributed by atoms with Gasteiger partial charge in [0.1, 0.15) is 5.78 Å². The van der Waals surface area contributed by atoms with E-state index in [1.54, 1.807) is 11.8 Å². The summed E-state index contributed by atoms with van der Waals surface area (Å²) in [5.41, 5.74) is 0. The van der Waals surface area contributed by atoms with Crippen LogP contribution in [0.1, 0.15) is 46.0 Å². The van der Waals surface area contributed by atoms with Gasteiger partial charge >= 0.3 is 5.97 Å². The third-order valence-corrected chi connectivity index (χ3v) is 3.00. The highest BCUT2D eigenvalue weighted by Gasteiger charge is 2.07. The van der Waals surface area contributed by atoms with Crippen molar-refractivity contribution < 1.29 is 14.3 Å². The monoisotopic (exact) mass is 246 g/mol. The van der Waals surface area contributed by atoms with Gasteiger partial charge in [-0.15, -0.1) is 0 Å². The Bertz CT molecular complexity index is 182. The lowest BCUT2D eigenvalue weighted by Gasteiger charge is -2.03. The molecule has 0 heterocycles. The molecule has 3 nitrogen and oxygen atoms in total. The number of carbonyl (C=O) groups is 2. The van der Waals surface area contributed by atoms with Crippen LogP contribution in [0.2, 0.25) is 0 Å². The van der Waals surface area contributed by atoms with Crippen molar-refractivity contribution in [1.29, 1.82) is 0 Å². The average molecular weight is 246 g/mol. The Morgan fingerprint density at radius 1 is 1.12 bits per heavy atom. The fourth-order valence-electron chi connectivity index (χ4n) is 1.10. The Morgan fingerprint density at radius 3 is 2.50 bits per heavy atom. The second kappa shape index (κ2) is 11.0. The Kier molecular flexibility index (Phi) is 10.6. The lowest BCUT2D eigenvalue weighted by atomic mass is 10.2. The van der Waals surface area contributed by atoms with Gasteiger partial charge in [-0.2, -0.15) is 11.8 Å². The van der Waals surface area contributed by atoms with E-state index in [9.17, 15) is 9.59 Å². The minimum absolute atomic E-state index is 0.161. The largest absolute Gasteiger partial charge is 0.466 e. The van der Waals surface area contributed by atoms with Crippen LogP contribution in [0, 0.1) is 0 Å². The van der Waals surface area contributed by atoms with Gasteiger partial charge in [0.05, 0.1) is 13.0 Å². The fourth-order valence-corrected chi connectivity index (χ4v) is 1.76. The molecule has 0 aliphatic heterocycles. The molecule has 0 saturated heterocycles. The Hall–Kier alpha value is -0.510. The molecule has 16 heavy (non-hydrogen) atoms. The van der Waals surface area contributed by atoms with Crippen LogP contribution in [-0.2, 0) is 14.3 Å². The summed E-state index contributed by atoms with van der Waals surface area (Å²) in [6, 6.07) is 0. The number of esters is 1. The van der Waals surface area contributed by atoms with Crippen molar-refractivity contribution in [1.82, 2.24) is 0 Å². The summed E-state index contributed by atoms with van der Waals surface area (Å²) in [5, 5.41) is 0. The van der Waals surface area contributed by atoms with E-state index in [-0.39, 0.29) is 18.2 Å². The molecule has 0 radical (unpaired) electrons. The molecule has 0 aromatic heterocycles.